The van der Waals surface area contributed by atoms with Gasteiger partial charge in [-0.3, -0.25) is 18.6 Å². The Morgan fingerprint density at radius 1 is 0.610 bits per heavy atom. The van der Waals surface area contributed by atoms with Crippen molar-refractivity contribution >= 4 is 19.8 Å². The van der Waals surface area contributed by atoms with Crippen molar-refractivity contribution in [3.63, 3.8) is 0 Å². The van der Waals surface area contributed by atoms with Crippen molar-refractivity contribution in [2.24, 2.45) is 0 Å². The number of rotatable bonds is 41. The van der Waals surface area contributed by atoms with E-state index in [4.69, 9.17) is 18.5 Å². The van der Waals surface area contributed by atoms with Crippen LogP contribution in [0, 0.1) is 0 Å². The van der Waals surface area contributed by atoms with Gasteiger partial charge in [-0.05, 0) is 70.6 Å². The molecule has 59 heavy (non-hydrogen) atoms. The van der Waals surface area contributed by atoms with Gasteiger partial charge in [0.15, 0.2) is 6.10 Å². The van der Waals surface area contributed by atoms with E-state index < -0.39 is 38.6 Å². The molecule has 0 heterocycles. The Balaban J connectivity index is 4.49. The summed E-state index contributed by atoms with van der Waals surface area (Å²) in [6.45, 7) is 4.22. The van der Waals surface area contributed by atoms with Crippen LogP contribution in [0.2, 0.25) is 0 Å². The van der Waals surface area contributed by atoms with E-state index in [9.17, 15) is 24.2 Å². The molecule has 0 radical (unpaired) electrons. The quantitative estimate of drug-likeness (QED) is 0.0154. The zero-order chi connectivity index (χ0) is 43.7. The molecule has 2 N–H and O–H groups in total. The molecular formula is C48H87NO9P+. The standard InChI is InChI=1S/C48H86NO9P/c1-6-8-10-12-14-15-16-17-18-19-20-21-22-23-27-31-35-39-47(51)55-43-46(44-57-59(53,54)56-42-41-49(3,4)5)58-48(52)40-36-32-28-24-26-30-34-38-45(50)37-33-29-25-13-11-9-7-2/h17-18,24-25,28-30,33-34,37,45-46,50H,6-16,19-23,26-27,31-32,35-36,38-44H2,1-5H3/p+1/b18-17-,28-24+,29-25-,34-30-,37-33-/t45-,46+/m0/s1. The number of likely N-dealkylation sites (N-methyl/N-ethyl adjacent to an activating group) is 1. The number of hydrogen-bond acceptors (Lipinski definition) is 8. The van der Waals surface area contributed by atoms with E-state index in [1.165, 1.54) is 83.5 Å². The normalized spacial score (nSPS) is 14.6. The van der Waals surface area contributed by atoms with E-state index in [1.807, 2.05) is 57.6 Å². The van der Waals surface area contributed by atoms with Crippen molar-refractivity contribution in [3.05, 3.63) is 60.8 Å². The van der Waals surface area contributed by atoms with Gasteiger partial charge in [-0.25, -0.2) is 4.57 Å². The molecule has 0 saturated heterocycles. The maximum absolute atomic E-state index is 12.7. The Bertz CT molecular complexity index is 1210. The van der Waals surface area contributed by atoms with Crippen molar-refractivity contribution < 1.29 is 47.2 Å². The Labute approximate surface area is 360 Å². The highest BCUT2D eigenvalue weighted by molar-refractivity contribution is 7.47. The second-order valence-electron chi connectivity index (χ2n) is 16.6. The Kier molecular flexibility index (Phi) is 38.2. The van der Waals surface area contributed by atoms with Gasteiger partial charge in [-0.2, -0.15) is 0 Å². The van der Waals surface area contributed by atoms with E-state index in [0.717, 1.165) is 38.5 Å². The number of phosphoric acid groups is 1. The van der Waals surface area contributed by atoms with Crippen LogP contribution in [0.4, 0.5) is 0 Å². The number of aliphatic hydroxyl groups excluding tert-OH is 1. The smallest absolute Gasteiger partial charge is 0.462 e. The summed E-state index contributed by atoms with van der Waals surface area (Å²) in [6, 6.07) is 0. The van der Waals surface area contributed by atoms with Crippen LogP contribution in [-0.2, 0) is 32.7 Å². The summed E-state index contributed by atoms with van der Waals surface area (Å²) in [5.41, 5.74) is 0. The molecule has 0 aromatic rings. The summed E-state index contributed by atoms with van der Waals surface area (Å²) in [5, 5.41) is 10.1. The average Bonchev–Trinajstić information content (AvgIpc) is 3.18. The van der Waals surface area contributed by atoms with E-state index >= 15 is 0 Å². The Hall–Kier alpha value is -2.33. The molecule has 10 nitrogen and oxygen atoms in total. The average molecular weight is 853 g/mol. The van der Waals surface area contributed by atoms with Gasteiger partial charge in [-0.15, -0.1) is 0 Å². The Morgan fingerprint density at radius 3 is 1.80 bits per heavy atom. The molecule has 342 valence electrons. The molecule has 0 aliphatic carbocycles. The van der Waals surface area contributed by atoms with E-state index in [0.29, 0.717) is 36.7 Å². The molecule has 1 unspecified atom stereocenters. The number of carbonyl (C=O) groups excluding carboxylic acids is 2. The zero-order valence-corrected chi connectivity index (χ0v) is 39.0. The zero-order valence-electron chi connectivity index (χ0n) is 38.1. The largest absolute Gasteiger partial charge is 0.472 e. The third-order valence-corrected chi connectivity index (χ3v) is 10.6. The number of ether oxygens (including phenoxy) is 2. The third-order valence-electron chi connectivity index (χ3n) is 9.60. The minimum absolute atomic E-state index is 0.00709. The van der Waals surface area contributed by atoms with E-state index in [2.05, 4.69) is 32.1 Å². The van der Waals surface area contributed by atoms with E-state index in [1.54, 1.807) is 6.08 Å². The van der Waals surface area contributed by atoms with Crippen molar-refractivity contribution in [1.82, 2.24) is 0 Å². The van der Waals surface area contributed by atoms with Crippen molar-refractivity contribution in [2.45, 2.75) is 187 Å². The van der Waals surface area contributed by atoms with E-state index in [-0.39, 0.29) is 26.1 Å². The first kappa shape index (κ1) is 56.7. The summed E-state index contributed by atoms with van der Waals surface area (Å²) in [6.07, 6.45) is 44.4. The fourth-order valence-corrected chi connectivity index (χ4v) is 6.65. The summed E-state index contributed by atoms with van der Waals surface area (Å²) >= 11 is 0. The molecular weight excluding hydrogens is 766 g/mol. The number of quaternary nitrogens is 1. The van der Waals surface area contributed by atoms with Gasteiger partial charge in [0.2, 0.25) is 0 Å². The fraction of sp³-hybridized carbons (Fsp3) is 0.750. The van der Waals surface area contributed by atoms with Crippen molar-refractivity contribution in [2.75, 3.05) is 47.5 Å². The first-order valence-electron chi connectivity index (χ1n) is 23.1. The number of allylic oxidation sites excluding steroid dienone is 8. The predicted molar refractivity (Wildman–Crippen MR) is 244 cm³/mol. The number of carbonyl (C=O) groups is 2. The molecule has 0 aliphatic heterocycles. The SMILES string of the molecule is CCCCC/C=C\C=C/[C@H](O)C/C=C\C/C=C/CCCC(=O)O[C@H](COC(=O)CCCCCCCCC/C=C\CCCCCCCC)COP(=O)(O)OCC[N+](C)(C)C. The van der Waals surface area contributed by atoms with Crippen LogP contribution in [0.5, 0.6) is 0 Å². The van der Waals surface area contributed by atoms with Crippen LogP contribution in [0.1, 0.15) is 174 Å². The van der Waals surface area contributed by atoms with Gasteiger partial charge in [0.25, 0.3) is 0 Å². The molecule has 0 aromatic heterocycles. The molecule has 3 atom stereocenters. The number of nitrogens with zero attached hydrogens (tertiary/aromatic N) is 1. The van der Waals surface area contributed by atoms with Crippen LogP contribution in [0.3, 0.4) is 0 Å². The second-order valence-corrected chi connectivity index (χ2v) is 18.1. The topological polar surface area (TPSA) is 129 Å². The first-order chi connectivity index (χ1) is 28.4. The summed E-state index contributed by atoms with van der Waals surface area (Å²) in [7, 11) is 1.39. The van der Waals surface area contributed by atoms with Gasteiger partial charge in [0, 0.05) is 12.8 Å². The van der Waals surface area contributed by atoms with Crippen molar-refractivity contribution in [1.29, 1.82) is 0 Å². The molecule has 0 spiro atoms. The summed E-state index contributed by atoms with van der Waals surface area (Å²) in [5.74, 6) is -0.913. The van der Waals surface area contributed by atoms with Crippen LogP contribution < -0.4 is 0 Å². The van der Waals surface area contributed by atoms with Crippen LogP contribution in [-0.4, -0.2) is 86.1 Å². The molecule has 0 fully saturated rings. The van der Waals surface area contributed by atoms with Crippen molar-refractivity contribution in [3.8, 4) is 0 Å². The van der Waals surface area contributed by atoms with Gasteiger partial charge in [-0.1, -0.05) is 152 Å². The minimum Gasteiger partial charge on any atom is -0.462 e. The highest BCUT2D eigenvalue weighted by Crippen LogP contribution is 2.43. The number of hydrogen-bond donors (Lipinski definition) is 2. The Morgan fingerprint density at radius 2 is 1.14 bits per heavy atom. The number of aliphatic hydroxyl groups is 1. The first-order valence-corrected chi connectivity index (χ1v) is 24.6. The monoisotopic (exact) mass is 853 g/mol. The number of phosphoric ester groups is 1. The molecule has 11 heteroatoms. The third kappa shape index (κ3) is 43.6. The van der Waals surface area contributed by atoms with Gasteiger partial charge < -0.3 is 24.0 Å². The number of esters is 2. The van der Waals surface area contributed by atoms with Crippen LogP contribution in [0.25, 0.3) is 0 Å². The second kappa shape index (κ2) is 39.8. The highest BCUT2D eigenvalue weighted by Gasteiger charge is 2.27. The summed E-state index contributed by atoms with van der Waals surface area (Å²) in [4.78, 5) is 35.4. The summed E-state index contributed by atoms with van der Waals surface area (Å²) < 4.78 is 34.2. The molecule has 0 amide bonds. The van der Waals surface area contributed by atoms with Gasteiger partial charge in [0.05, 0.1) is 33.9 Å². The van der Waals surface area contributed by atoms with Crippen LogP contribution in [0.15, 0.2) is 60.8 Å². The lowest BCUT2D eigenvalue weighted by Gasteiger charge is -2.24. The minimum atomic E-state index is -4.41. The fourth-order valence-electron chi connectivity index (χ4n) is 5.90. The predicted octanol–water partition coefficient (Wildman–Crippen LogP) is 12.2. The van der Waals surface area contributed by atoms with Gasteiger partial charge >= 0.3 is 19.8 Å². The molecule has 0 saturated carbocycles. The lowest BCUT2D eigenvalue weighted by Crippen LogP contribution is -2.37. The molecule has 0 bridgehead atoms. The van der Waals surface area contributed by atoms with Crippen LogP contribution >= 0.6 is 7.82 Å². The molecule has 0 rings (SSSR count). The lowest BCUT2D eigenvalue weighted by molar-refractivity contribution is -0.870. The highest BCUT2D eigenvalue weighted by atomic mass is 31.2. The molecule has 0 aromatic carbocycles. The van der Waals surface area contributed by atoms with Gasteiger partial charge in [0.1, 0.15) is 19.8 Å². The maximum atomic E-state index is 12.7. The molecule has 0 aliphatic rings. The number of unbranched alkanes of at least 4 members (excludes halogenated alkanes) is 17. The lowest BCUT2D eigenvalue weighted by atomic mass is 10.1. The maximum Gasteiger partial charge on any atom is 0.472 e.